The zero-order chi connectivity index (χ0) is 28.5. The Balaban J connectivity index is 3.96. The van der Waals surface area contributed by atoms with Crippen molar-refractivity contribution in [2.75, 3.05) is 86.1 Å². The number of rotatable bonds is 33. The van der Waals surface area contributed by atoms with Gasteiger partial charge in [0.1, 0.15) is 0 Å². The van der Waals surface area contributed by atoms with E-state index in [0.29, 0.717) is 12.3 Å². The molecule has 0 rings (SSSR count). The van der Waals surface area contributed by atoms with E-state index in [9.17, 15) is 4.79 Å². The average Bonchev–Trinajstić information content (AvgIpc) is 2.94. The van der Waals surface area contributed by atoms with E-state index in [1.54, 1.807) is 0 Å². The molecule has 0 aliphatic rings. The third-order valence-electron chi connectivity index (χ3n) is 7.21. The SMILES string of the molecule is CCCCCC(=O)NCCCCCCC(CNCCCCNCCCNC)CNCCCCNCCCNC. The summed E-state index contributed by atoms with van der Waals surface area (Å²) in [6.07, 6.45) is 17.5. The molecule has 7 N–H and O–H groups in total. The Morgan fingerprint density at radius 3 is 1.54 bits per heavy atom. The van der Waals surface area contributed by atoms with Gasteiger partial charge in [-0.1, -0.05) is 39.0 Å². The normalized spacial score (nSPS) is 11.5. The van der Waals surface area contributed by atoms with Gasteiger partial charge in [-0.25, -0.2) is 0 Å². The van der Waals surface area contributed by atoms with E-state index >= 15 is 0 Å². The Hall–Kier alpha value is -0.770. The molecule has 0 radical (unpaired) electrons. The highest BCUT2D eigenvalue weighted by molar-refractivity contribution is 5.75. The molecule has 0 aromatic heterocycles. The van der Waals surface area contributed by atoms with Crippen molar-refractivity contribution in [1.29, 1.82) is 0 Å². The van der Waals surface area contributed by atoms with Crippen molar-refractivity contribution >= 4 is 5.91 Å². The predicted molar refractivity (Wildman–Crippen MR) is 171 cm³/mol. The monoisotopic (exact) mass is 556 g/mol. The maximum absolute atomic E-state index is 11.8. The molecule has 0 aliphatic heterocycles. The van der Waals surface area contributed by atoms with Gasteiger partial charge in [-0.2, -0.15) is 0 Å². The van der Waals surface area contributed by atoms with Gasteiger partial charge in [0.2, 0.25) is 5.91 Å². The molecule has 0 aromatic rings. The quantitative estimate of drug-likeness (QED) is 0.0623. The molecule has 0 aromatic carbocycles. The molecule has 0 aliphatic carbocycles. The van der Waals surface area contributed by atoms with Crippen LogP contribution in [-0.4, -0.2) is 92.0 Å². The summed E-state index contributed by atoms with van der Waals surface area (Å²) < 4.78 is 0. The molecular weight excluding hydrogens is 486 g/mol. The van der Waals surface area contributed by atoms with Crippen LogP contribution in [-0.2, 0) is 4.79 Å². The Bertz CT molecular complexity index is 458. The van der Waals surface area contributed by atoms with E-state index in [1.807, 2.05) is 14.1 Å². The molecule has 0 heterocycles. The van der Waals surface area contributed by atoms with Crippen LogP contribution in [0.25, 0.3) is 0 Å². The molecule has 0 saturated heterocycles. The number of nitrogens with one attached hydrogen (secondary N) is 7. The highest BCUT2D eigenvalue weighted by Gasteiger charge is 2.08. The summed E-state index contributed by atoms with van der Waals surface area (Å²) in [5, 5.41) is 24.0. The van der Waals surface area contributed by atoms with Gasteiger partial charge in [-0.15, -0.1) is 0 Å². The Kier molecular flexibility index (Phi) is 32.8. The van der Waals surface area contributed by atoms with Gasteiger partial charge in [0.25, 0.3) is 0 Å². The minimum Gasteiger partial charge on any atom is -0.356 e. The lowest BCUT2D eigenvalue weighted by atomic mass is 10.00. The summed E-state index contributed by atoms with van der Waals surface area (Å²) in [4.78, 5) is 11.8. The summed E-state index contributed by atoms with van der Waals surface area (Å²) in [6, 6.07) is 0. The lowest BCUT2D eigenvalue weighted by Crippen LogP contribution is -2.32. The first-order valence-electron chi connectivity index (χ1n) is 16.6. The second kappa shape index (κ2) is 33.4. The smallest absolute Gasteiger partial charge is 0.219 e. The summed E-state index contributed by atoms with van der Waals surface area (Å²) in [6.45, 7) is 14.1. The van der Waals surface area contributed by atoms with Crippen LogP contribution in [0, 0.1) is 5.92 Å². The number of hydrogen-bond donors (Lipinski definition) is 7. The summed E-state index contributed by atoms with van der Waals surface area (Å²) >= 11 is 0. The molecule has 0 atom stereocenters. The molecule has 0 saturated carbocycles. The van der Waals surface area contributed by atoms with Crippen LogP contribution in [0.15, 0.2) is 0 Å². The van der Waals surface area contributed by atoms with Gasteiger partial charge in [0.15, 0.2) is 0 Å². The molecule has 8 heteroatoms. The minimum atomic E-state index is 0.231. The van der Waals surface area contributed by atoms with Crippen LogP contribution in [0.2, 0.25) is 0 Å². The van der Waals surface area contributed by atoms with Crippen LogP contribution < -0.4 is 37.2 Å². The zero-order valence-electron chi connectivity index (χ0n) is 26.4. The second-order valence-corrected chi connectivity index (χ2v) is 11.1. The van der Waals surface area contributed by atoms with Crippen molar-refractivity contribution in [2.24, 2.45) is 5.92 Å². The van der Waals surface area contributed by atoms with Crippen molar-refractivity contribution in [3.8, 4) is 0 Å². The summed E-state index contributed by atoms with van der Waals surface area (Å²) in [7, 11) is 4.03. The van der Waals surface area contributed by atoms with E-state index in [4.69, 9.17) is 0 Å². The highest BCUT2D eigenvalue weighted by Crippen LogP contribution is 2.10. The predicted octanol–water partition coefficient (Wildman–Crippen LogP) is 3.39. The largest absolute Gasteiger partial charge is 0.356 e. The van der Waals surface area contributed by atoms with Crippen molar-refractivity contribution in [3.05, 3.63) is 0 Å². The van der Waals surface area contributed by atoms with Gasteiger partial charge in [-0.05, 0) is 143 Å². The van der Waals surface area contributed by atoms with E-state index in [2.05, 4.69) is 44.1 Å². The number of amides is 1. The van der Waals surface area contributed by atoms with Crippen LogP contribution in [0.1, 0.15) is 103 Å². The fraction of sp³-hybridized carbons (Fsp3) is 0.968. The maximum Gasteiger partial charge on any atom is 0.219 e. The molecule has 1 amide bonds. The third-order valence-corrected chi connectivity index (χ3v) is 7.21. The van der Waals surface area contributed by atoms with Crippen LogP contribution in [0.5, 0.6) is 0 Å². The molecule has 0 bridgehead atoms. The molecule has 0 unspecified atom stereocenters. The number of hydrogen-bond acceptors (Lipinski definition) is 7. The summed E-state index contributed by atoms with van der Waals surface area (Å²) in [5.74, 6) is 0.928. The van der Waals surface area contributed by atoms with Crippen LogP contribution in [0.4, 0.5) is 0 Å². The third kappa shape index (κ3) is 31.6. The fourth-order valence-corrected chi connectivity index (χ4v) is 4.68. The van der Waals surface area contributed by atoms with Crippen LogP contribution >= 0.6 is 0 Å². The first-order valence-corrected chi connectivity index (χ1v) is 16.6. The Morgan fingerprint density at radius 2 is 1.00 bits per heavy atom. The molecule has 39 heavy (non-hydrogen) atoms. The lowest BCUT2D eigenvalue weighted by molar-refractivity contribution is -0.121. The zero-order valence-corrected chi connectivity index (χ0v) is 26.4. The standard InChI is InChI=1S/C31H69N7O/c1-4-5-8-18-31(39)38-27-10-7-6-9-17-30(28-36-23-13-11-21-34-25-15-19-32-2)29-37-24-14-12-22-35-26-16-20-33-3/h30,32-37H,4-29H2,1-3H3,(H,38,39). The second-order valence-electron chi connectivity index (χ2n) is 11.1. The molecule has 0 spiro atoms. The molecule has 234 valence electrons. The number of carbonyl (C=O) groups is 1. The van der Waals surface area contributed by atoms with E-state index in [-0.39, 0.29) is 5.91 Å². The Labute approximate surface area is 243 Å². The van der Waals surface area contributed by atoms with Crippen molar-refractivity contribution in [3.63, 3.8) is 0 Å². The van der Waals surface area contributed by atoms with E-state index in [1.165, 1.54) is 70.6 Å². The average molecular weight is 556 g/mol. The molecule has 0 fully saturated rings. The minimum absolute atomic E-state index is 0.231. The number of carbonyl (C=O) groups excluding carboxylic acids is 1. The molecular formula is C31H69N7O. The van der Waals surface area contributed by atoms with Crippen molar-refractivity contribution in [2.45, 2.75) is 103 Å². The summed E-state index contributed by atoms with van der Waals surface area (Å²) in [5.41, 5.74) is 0. The number of unbranched alkanes of at least 4 members (excludes halogenated alkanes) is 7. The van der Waals surface area contributed by atoms with E-state index < -0.39 is 0 Å². The topological polar surface area (TPSA) is 101 Å². The lowest BCUT2D eigenvalue weighted by Gasteiger charge is -2.19. The maximum atomic E-state index is 11.8. The molecule has 8 nitrogen and oxygen atoms in total. The first-order chi connectivity index (χ1) is 19.2. The van der Waals surface area contributed by atoms with Crippen molar-refractivity contribution < 1.29 is 4.79 Å². The fourth-order valence-electron chi connectivity index (χ4n) is 4.68. The van der Waals surface area contributed by atoms with Crippen LogP contribution in [0.3, 0.4) is 0 Å². The van der Waals surface area contributed by atoms with Gasteiger partial charge >= 0.3 is 0 Å². The van der Waals surface area contributed by atoms with Gasteiger partial charge in [-0.3, -0.25) is 4.79 Å². The van der Waals surface area contributed by atoms with Crippen molar-refractivity contribution in [1.82, 2.24) is 37.2 Å². The highest BCUT2D eigenvalue weighted by atomic mass is 16.1. The van der Waals surface area contributed by atoms with Gasteiger partial charge < -0.3 is 37.2 Å². The van der Waals surface area contributed by atoms with E-state index in [0.717, 1.165) is 91.3 Å². The van der Waals surface area contributed by atoms with Gasteiger partial charge in [0, 0.05) is 13.0 Å². The Morgan fingerprint density at radius 1 is 0.513 bits per heavy atom. The van der Waals surface area contributed by atoms with Gasteiger partial charge in [0.05, 0.1) is 0 Å². The first kappa shape index (κ1) is 38.2.